The topological polar surface area (TPSA) is 30.7 Å². The molecule has 0 fully saturated rings. The Bertz CT molecular complexity index is 3070. The third kappa shape index (κ3) is 6.29. The van der Waals surface area contributed by atoms with Crippen molar-refractivity contribution in [2.24, 2.45) is 0 Å². The Hall–Kier alpha value is -7.62. The predicted molar refractivity (Wildman–Crippen MR) is 246 cm³/mol. The number of nitrogens with zero attached hydrogens (tertiary/aromatic N) is 3. The predicted octanol–water partition coefficient (Wildman–Crippen LogP) is 14.7. The van der Waals surface area contributed by atoms with Gasteiger partial charge >= 0.3 is 0 Å². The van der Waals surface area contributed by atoms with Crippen LogP contribution in [0.1, 0.15) is 12.5 Å². The zero-order valence-electron chi connectivity index (χ0n) is 32.2. The third-order valence-electron chi connectivity index (χ3n) is 11.2. The van der Waals surface area contributed by atoms with Crippen LogP contribution in [0.5, 0.6) is 0 Å². The maximum atomic E-state index is 5.22. The molecule has 2 heterocycles. The molecule has 3 nitrogen and oxygen atoms in total. The van der Waals surface area contributed by atoms with Crippen LogP contribution in [0.3, 0.4) is 0 Å². The molecule has 2 aromatic heterocycles. The van der Waals surface area contributed by atoms with E-state index in [1.54, 1.807) is 0 Å². The summed E-state index contributed by atoms with van der Waals surface area (Å²) in [6.07, 6.45) is 6.28. The summed E-state index contributed by atoms with van der Waals surface area (Å²) in [4.78, 5) is 10.4. The average Bonchev–Trinajstić information content (AvgIpc) is 3.63. The molecule has 0 bridgehead atoms. The Morgan fingerprint density at radius 2 is 0.914 bits per heavy atom. The molecule has 0 N–H and O–H groups in total. The summed E-state index contributed by atoms with van der Waals surface area (Å²) in [5.41, 5.74) is 12.9. The van der Waals surface area contributed by atoms with E-state index in [9.17, 15) is 0 Å². The molecule has 0 spiro atoms. The number of rotatable bonds is 8. The van der Waals surface area contributed by atoms with Crippen LogP contribution < -0.4 is 0 Å². The summed E-state index contributed by atoms with van der Waals surface area (Å²) >= 11 is 0. The first-order valence-corrected chi connectivity index (χ1v) is 19.7. The number of benzene rings is 8. The molecule has 0 radical (unpaired) electrons. The molecule has 0 amide bonds. The monoisotopic (exact) mass is 741 g/mol. The number of aromatic nitrogens is 3. The fourth-order valence-corrected chi connectivity index (χ4v) is 8.29. The van der Waals surface area contributed by atoms with Crippen LogP contribution in [0.25, 0.3) is 99.7 Å². The second kappa shape index (κ2) is 14.8. The molecule has 10 rings (SSSR count). The molecule has 0 unspecified atom stereocenters. The zero-order valence-corrected chi connectivity index (χ0v) is 32.2. The van der Waals surface area contributed by atoms with Gasteiger partial charge in [-0.1, -0.05) is 189 Å². The maximum Gasteiger partial charge on any atom is 0.160 e. The van der Waals surface area contributed by atoms with Gasteiger partial charge in [0.15, 0.2) is 5.82 Å². The van der Waals surface area contributed by atoms with Crippen LogP contribution in [-0.2, 0) is 0 Å². The Kier molecular flexibility index (Phi) is 8.89. The Labute approximate surface area is 338 Å². The first-order valence-electron chi connectivity index (χ1n) is 19.7. The minimum absolute atomic E-state index is 0.695. The van der Waals surface area contributed by atoms with Crippen LogP contribution in [0.15, 0.2) is 213 Å². The van der Waals surface area contributed by atoms with Crippen molar-refractivity contribution in [1.82, 2.24) is 14.5 Å². The molecule has 274 valence electrons. The fourth-order valence-electron chi connectivity index (χ4n) is 8.29. The summed E-state index contributed by atoms with van der Waals surface area (Å²) in [5.74, 6) is 0.695. The standard InChI is InChI=1S/C55H39N3/c1-3-38(27-26-37(2)58-53-24-10-8-20-49(53)50-21-9-11-25-54(50)58)39-28-30-40(31-29-39)41-32-34-44(35-33-41)55-56-51(47-22-12-16-42-14-4-6-18-45(42)47)36-52(57-55)48-23-13-17-43-15-5-7-19-46(43)48/h3-36H,1H2,2H3/b37-26+,38-27+. The molecule has 0 aliphatic carbocycles. The van der Waals surface area contributed by atoms with E-state index >= 15 is 0 Å². The highest BCUT2D eigenvalue weighted by Gasteiger charge is 2.15. The molecule has 0 atom stereocenters. The summed E-state index contributed by atoms with van der Waals surface area (Å²) in [6, 6.07) is 66.5. The zero-order chi connectivity index (χ0) is 39.0. The van der Waals surface area contributed by atoms with Gasteiger partial charge in [-0.2, -0.15) is 0 Å². The van der Waals surface area contributed by atoms with Crippen molar-refractivity contribution in [3.63, 3.8) is 0 Å². The molecule has 58 heavy (non-hydrogen) atoms. The van der Waals surface area contributed by atoms with Crippen LogP contribution in [0.2, 0.25) is 0 Å². The van der Waals surface area contributed by atoms with Crippen molar-refractivity contribution >= 4 is 54.6 Å². The van der Waals surface area contributed by atoms with E-state index in [2.05, 4.69) is 218 Å². The molecule has 8 aromatic carbocycles. The van der Waals surface area contributed by atoms with Crippen molar-refractivity contribution < 1.29 is 0 Å². The van der Waals surface area contributed by atoms with Gasteiger partial charge in [0.25, 0.3) is 0 Å². The summed E-state index contributed by atoms with van der Waals surface area (Å²) in [5, 5.41) is 7.22. The lowest BCUT2D eigenvalue weighted by Gasteiger charge is -2.13. The quantitative estimate of drug-likeness (QED) is 0.145. The average molecular weight is 742 g/mol. The second-order valence-corrected chi connectivity index (χ2v) is 14.7. The highest BCUT2D eigenvalue weighted by atomic mass is 15.0. The van der Waals surface area contributed by atoms with Crippen molar-refractivity contribution in [3.8, 4) is 45.0 Å². The van der Waals surface area contributed by atoms with E-state index in [1.807, 2.05) is 6.08 Å². The van der Waals surface area contributed by atoms with E-state index < -0.39 is 0 Å². The minimum atomic E-state index is 0.695. The summed E-state index contributed by atoms with van der Waals surface area (Å²) < 4.78 is 2.34. The van der Waals surface area contributed by atoms with E-state index in [0.717, 1.165) is 56.0 Å². The smallest absolute Gasteiger partial charge is 0.160 e. The van der Waals surface area contributed by atoms with Crippen LogP contribution in [-0.4, -0.2) is 14.5 Å². The van der Waals surface area contributed by atoms with E-state index in [-0.39, 0.29) is 0 Å². The molecular weight excluding hydrogens is 703 g/mol. The Morgan fingerprint density at radius 3 is 1.45 bits per heavy atom. The van der Waals surface area contributed by atoms with Gasteiger partial charge in [-0.05, 0) is 75.0 Å². The fraction of sp³-hybridized carbons (Fsp3) is 0.0182. The normalized spacial score (nSPS) is 12.2. The van der Waals surface area contributed by atoms with Crippen LogP contribution in [0.4, 0.5) is 0 Å². The number of allylic oxidation sites excluding steroid dienone is 5. The van der Waals surface area contributed by atoms with E-state index in [1.165, 1.54) is 43.4 Å². The maximum absolute atomic E-state index is 5.22. The number of hydrogen-bond acceptors (Lipinski definition) is 2. The highest BCUT2D eigenvalue weighted by molar-refractivity contribution is 6.10. The molecule has 0 aliphatic heterocycles. The van der Waals surface area contributed by atoms with Gasteiger partial charge in [-0.25, -0.2) is 9.97 Å². The van der Waals surface area contributed by atoms with Gasteiger partial charge in [-0.3, -0.25) is 0 Å². The van der Waals surface area contributed by atoms with Crippen molar-refractivity contribution in [2.75, 3.05) is 0 Å². The lowest BCUT2D eigenvalue weighted by molar-refractivity contribution is 1.19. The minimum Gasteiger partial charge on any atom is -0.313 e. The molecule has 0 saturated heterocycles. The SMILES string of the molecule is C=C/C(=C\C=C(/C)n1c2ccccc2c2ccccc21)c1ccc(-c2ccc(-c3nc(-c4cccc5ccccc45)cc(-c4cccc5ccccc45)n3)cc2)cc1. The van der Waals surface area contributed by atoms with Crippen molar-refractivity contribution in [3.05, 3.63) is 218 Å². The van der Waals surface area contributed by atoms with E-state index in [4.69, 9.17) is 9.97 Å². The summed E-state index contributed by atoms with van der Waals surface area (Å²) in [7, 11) is 0. The highest BCUT2D eigenvalue weighted by Crippen LogP contribution is 2.36. The molecule has 0 aliphatic rings. The Balaban J connectivity index is 0.975. The van der Waals surface area contributed by atoms with Gasteiger partial charge in [0, 0.05) is 33.2 Å². The molecule has 10 aromatic rings. The van der Waals surface area contributed by atoms with Crippen LogP contribution in [0, 0.1) is 0 Å². The molecule has 0 saturated carbocycles. The summed E-state index contributed by atoms with van der Waals surface area (Å²) in [6.45, 7) is 6.33. The molecule has 3 heteroatoms. The first-order chi connectivity index (χ1) is 28.6. The number of para-hydroxylation sites is 2. The first kappa shape index (κ1) is 34.8. The van der Waals surface area contributed by atoms with Gasteiger partial charge in [0.2, 0.25) is 0 Å². The van der Waals surface area contributed by atoms with Gasteiger partial charge in [0.1, 0.15) is 0 Å². The lowest BCUT2D eigenvalue weighted by Crippen LogP contribution is -1.97. The van der Waals surface area contributed by atoms with Crippen LogP contribution >= 0.6 is 0 Å². The van der Waals surface area contributed by atoms with Crippen molar-refractivity contribution in [1.29, 1.82) is 0 Å². The van der Waals surface area contributed by atoms with Gasteiger partial charge in [0.05, 0.1) is 22.4 Å². The second-order valence-electron chi connectivity index (χ2n) is 14.7. The third-order valence-corrected chi connectivity index (χ3v) is 11.2. The lowest BCUT2D eigenvalue weighted by atomic mass is 9.98. The van der Waals surface area contributed by atoms with Crippen molar-refractivity contribution in [2.45, 2.75) is 6.92 Å². The van der Waals surface area contributed by atoms with Gasteiger partial charge in [-0.15, -0.1) is 0 Å². The van der Waals surface area contributed by atoms with Gasteiger partial charge < -0.3 is 4.57 Å². The Morgan fingerprint density at radius 1 is 0.466 bits per heavy atom. The molecular formula is C55H39N3. The largest absolute Gasteiger partial charge is 0.313 e. The number of hydrogen-bond donors (Lipinski definition) is 0. The number of fused-ring (bicyclic) bond motifs is 5. The van der Waals surface area contributed by atoms with E-state index in [0.29, 0.717) is 5.82 Å².